The first-order chi connectivity index (χ1) is 8.20. The normalized spacial score (nSPS) is 9.61. The molecule has 2 aromatic carbocycles. The number of benzene rings is 2. The number of carbonyl (C=O) groups is 1. The van der Waals surface area contributed by atoms with Crippen LogP contribution >= 0.6 is 12.4 Å². The molecular formula is C14H14ClNO2. The van der Waals surface area contributed by atoms with E-state index in [1.165, 1.54) is 0 Å². The monoisotopic (exact) mass is 263 g/mol. The van der Waals surface area contributed by atoms with Crippen molar-refractivity contribution in [2.24, 2.45) is 5.73 Å². The second kappa shape index (κ2) is 6.19. The van der Waals surface area contributed by atoms with E-state index in [9.17, 15) is 4.79 Å². The Hall–Kier alpha value is -1.84. The Morgan fingerprint density at radius 2 is 1.72 bits per heavy atom. The number of hydrogen-bond donors (Lipinski definition) is 2. The van der Waals surface area contributed by atoms with E-state index >= 15 is 0 Å². The molecule has 0 unspecified atom stereocenters. The van der Waals surface area contributed by atoms with E-state index in [0.717, 1.165) is 16.7 Å². The molecule has 0 radical (unpaired) electrons. The van der Waals surface area contributed by atoms with Crippen molar-refractivity contribution in [3.63, 3.8) is 0 Å². The number of nitrogens with two attached hydrogens (primary N) is 1. The van der Waals surface area contributed by atoms with Crippen molar-refractivity contribution in [2.75, 3.05) is 0 Å². The van der Waals surface area contributed by atoms with Crippen LogP contribution in [0.5, 0.6) is 0 Å². The highest BCUT2D eigenvalue weighted by Gasteiger charge is 2.04. The van der Waals surface area contributed by atoms with Crippen LogP contribution in [-0.2, 0) is 6.54 Å². The molecule has 0 amide bonds. The first kappa shape index (κ1) is 14.2. The van der Waals surface area contributed by atoms with Crippen molar-refractivity contribution < 1.29 is 9.90 Å². The fourth-order valence-corrected chi connectivity index (χ4v) is 1.67. The lowest BCUT2D eigenvalue weighted by molar-refractivity contribution is 0.0697. The summed E-state index contributed by atoms with van der Waals surface area (Å²) in [5.74, 6) is -0.912. The Balaban J connectivity index is 0.00000162. The smallest absolute Gasteiger partial charge is 0.335 e. The van der Waals surface area contributed by atoms with E-state index in [-0.39, 0.29) is 12.4 Å². The molecule has 0 aliphatic carbocycles. The van der Waals surface area contributed by atoms with Crippen LogP contribution < -0.4 is 5.73 Å². The van der Waals surface area contributed by atoms with Crippen molar-refractivity contribution in [1.29, 1.82) is 0 Å². The van der Waals surface area contributed by atoms with Crippen molar-refractivity contribution in [3.05, 3.63) is 59.7 Å². The molecule has 0 atom stereocenters. The Bertz CT molecular complexity index is 538. The SMILES string of the molecule is Cl.NCc1ccc(-c2cccc(C(=O)O)c2)cc1. The van der Waals surface area contributed by atoms with Crippen molar-refractivity contribution in [3.8, 4) is 11.1 Å². The largest absolute Gasteiger partial charge is 0.478 e. The molecule has 0 bridgehead atoms. The van der Waals surface area contributed by atoms with Crippen LogP contribution in [0.15, 0.2) is 48.5 Å². The quantitative estimate of drug-likeness (QED) is 0.895. The average Bonchev–Trinajstić information content (AvgIpc) is 2.39. The maximum atomic E-state index is 10.9. The third-order valence-electron chi connectivity index (χ3n) is 2.63. The van der Waals surface area contributed by atoms with Gasteiger partial charge in [0, 0.05) is 6.54 Å². The summed E-state index contributed by atoms with van der Waals surface area (Å²) in [6.45, 7) is 0.509. The van der Waals surface area contributed by atoms with Gasteiger partial charge in [0.15, 0.2) is 0 Å². The Labute approximate surface area is 112 Å². The standard InChI is InChI=1S/C14H13NO2.ClH/c15-9-10-4-6-11(7-5-10)12-2-1-3-13(8-12)14(16)17;/h1-8H,9,15H2,(H,16,17);1H. The van der Waals surface area contributed by atoms with Crippen LogP contribution in [-0.4, -0.2) is 11.1 Å². The predicted octanol–water partition coefficient (Wildman–Crippen LogP) is 2.93. The highest BCUT2D eigenvalue weighted by molar-refractivity contribution is 5.89. The highest BCUT2D eigenvalue weighted by atomic mass is 35.5. The van der Waals surface area contributed by atoms with Gasteiger partial charge in [0.1, 0.15) is 0 Å². The molecule has 18 heavy (non-hydrogen) atoms. The molecule has 0 aromatic heterocycles. The predicted molar refractivity (Wildman–Crippen MR) is 74.0 cm³/mol. The number of carboxylic acids is 1. The summed E-state index contributed by atoms with van der Waals surface area (Å²) >= 11 is 0. The summed E-state index contributed by atoms with van der Waals surface area (Å²) in [5, 5.41) is 8.92. The fourth-order valence-electron chi connectivity index (χ4n) is 1.67. The van der Waals surface area contributed by atoms with E-state index in [1.54, 1.807) is 18.2 Å². The van der Waals surface area contributed by atoms with Crippen molar-refractivity contribution in [2.45, 2.75) is 6.54 Å². The topological polar surface area (TPSA) is 63.3 Å². The lowest BCUT2D eigenvalue weighted by atomic mass is 10.0. The Kier molecular flexibility index (Phi) is 4.89. The van der Waals surface area contributed by atoms with Crippen LogP contribution in [0.3, 0.4) is 0 Å². The van der Waals surface area contributed by atoms with Gasteiger partial charge >= 0.3 is 5.97 Å². The molecule has 0 aliphatic heterocycles. The summed E-state index contributed by atoms with van der Waals surface area (Å²) in [7, 11) is 0. The number of aromatic carboxylic acids is 1. The van der Waals surface area contributed by atoms with Crippen LogP contribution in [0.2, 0.25) is 0 Å². The Morgan fingerprint density at radius 3 is 2.28 bits per heavy atom. The van der Waals surface area contributed by atoms with Gasteiger partial charge in [-0.25, -0.2) is 4.79 Å². The van der Waals surface area contributed by atoms with E-state index in [1.807, 2.05) is 30.3 Å². The van der Waals surface area contributed by atoms with Gasteiger partial charge in [0.2, 0.25) is 0 Å². The van der Waals surface area contributed by atoms with Gasteiger partial charge in [-0.1, -0.05) is 36.4 Å². The highest BCUT2D eigenvalue weighted by Crippen LogP contribution is 2.20. The average molecular weight is 264 g/mol. The first-order valence-electron chi connectivity index (χ1n) is 5.33. The zero-order valence-corrected chi connectivity index (χ0v) is 10.5. The first-order valence-corrected chi connectivity index (χ1v) is 5.33. The molecule has 3 nitrogen and oxygen atoms in total. The van der Waals surface area contributed by atoms with Gasteiger partial charge in [-0.2, -0.15) is 0 Å². The molecule has 2 rings (SSSR count). The number of hydrogen-bond acceptors (Lipinski definition) is 2. The molecule has 4 heteroatoms. The van der Waals surface area contributed by atoms with Crippen LogP contribution in [0, 0.1) is 0 Å². The van der Waals surface area contributed by atoms with E-state index < -0.39 is 5.97 Å². The van der Waals surface area contributed by atoms with E-state index in [0.29, 0.717) is 12.1 Å². The Morgan fingerprint density at radius 1 is 1.06 bits per heavy atom. The summed E-state index contributed by atoms with van der Waals surface area (Å²) in [4.78, 5) is 10.9. The molecule has 0 fully saturated rings. The van der Waals surface area contributed by atoms with Gasteiger partial charge in [-0.15, -0.1) is 12.4 Å². The van der Waals surface area contributed by atoms with Crippen molar-refractivity contribution >= 4 is 18.4 Å². The zero-order valence-electron chi connectivity index (χ0n) is 9.67. The number of halogens is 1. The van der Waals surface area contributed by atoms with Gasteiger partial charge in [-0.3, -0.25) is 0 Å². The van der Waals surface area contributed by atoms with Crippen molar-refractivity contribution in [1.82, 2.24) is 0 Å². The molecule has 2 aromatic rings. The molecule has 3 N–H and O–H groups in total. The lowest BCUT2D eigenvalue weighted by Crippen LogP contribution is -1.96. The van der Waals surface area contributed by atoms with Gasteiger partial charge in [0.05, 0.1) is 5.56 Å². The van der Waals surface area contributed by atoms with E-state index in [4.69, 9.17) is 10.8 Å². The molecule has 0 spiro atoms. The van der Waals surface area contributed by atoms with Crippen LogP contribution in [0.4, 0.5) is 0 Å². The third kappa shape index (κ3) is 3.09. The summed E-state index contributed by atoms with van der Waals surface area (Å²) in [6.07, 6.45) is 0. The third-order valence-corrected chi connectivity index (χ3v) is 2.63. The minimum atomic E-state index is -0.912. The fraction of sp³-hybridized carbons (Fsp3) is 0.0714. The maximum Gasteiger partial charge on any atom is 0.335 e. The van der Waals surface area contributed by atoms with Gasteiger partial charge < -0.3 is 10.8 Å². The summed E-state index contributed by atoms with van der Waals surface area (Å²) in [5.41, 5.74) is 8.77. The van der Waals surface area contributed by atoms with Gasteiger partial charge in [0.25, 0.3) is 0 Å². The van der Waals surface area contributed by atoms with Gasteiger partial charge in [-0.05, 0) is 28.8 Å². The second-order valence-corrected chi connectivity index (χ2v) is 3.79. The molecule has 94 valence electrons. The molecule has 0 heterocycles. The second-order valence-electron chi connectivity index (χ2n) is 3.79. The van der Waals surface area contributed by atoms with Crippen LogP contribution in [0.1, 0.15) is 15.9 Å². The molecule has 0 aliphatic rings. The van der Waals surface area contributed by atoms with Crippen LogP contribution in [0.25, 0.3) is 11.1 Å². The minimum Gasteiger partial charge on any atom is -0.478 e. The minimum absolute atomic E-state index is 0. The summed E-state index contributed by atoms with van der Waals surface area (Å²) in [6, 6.07) is 14.7. The number of carboxylic acid groups (broad SMARTS) is 1. The molecular weight excluding hydrogens is 250 g/mol. The molecule has 0 saturated heterocycles. The number of rotatable bonds is 3. The molecule has 0 saturated carbocycles. The lowest BCUT2D eigenvalue weighted by Gasteiger charge is -2.04. The zero-order chi connectivity index (χ0) is 12.3. The maximum absolute atomic E-state index is 10.9. The van der Waals surface area contributed by atoms with E-state index in [2.05, 4.69) is 0 Å². The summed E-state index contributed by atoms with van der Waals surface area (Å²) < 4.78 is 0.